The Balaban J connectivity index is 1.99. The Kier molecular flexibility index (Phi) is 6.01. The summed E-state index contributed by atoms with van der Waals surface area (Å²) >= 11 is 5.97. The van der Waals surface area contributed by atoms with Crippen LogP contribution in [-0.4, -0.2) is 27.2 Å². The molecular weight excluding hydrogens is 338 g/mol. The van der Waals surface area contributed by atoms with Crippen LogP contribution in [0.4, 0.5) is 0 Å². The Bertz CT molecular complexity index is 764. The molecule has 23 heavy (non-hydrogen) atoms. The quantitative estimate of drug-likeness (QED) is 0.800. The second-order valence-electron chi connectivity index (χ2n) is 4.99. The Morgan fingerprint density at radius 3 is 2.65 bits per heavy atom. The van der Waals surface area contributed by atoms with Gasteiger partial charge in [0.25, 0.3) is 0 Å². The number of benzene rings is 2. The van der Waals surface area contributed by atoms with Crippen molar-refractivity contribution >= 4 is 21.6 Å². The lowest BCUT2D eigenvalue weighted by atomic mass is 10.1. The maximum atomic E-state index is 12.1. The Morgan fingerprint density at radius 1 is 1.22 bits per heavy atom. The second kappa shape index (κ2) is 7.79. The standard InChI is InChI=1S/C16H18ClNO4S/c1-22-14-7-4-6-12(9-14)16(19)10-18-23(20,21)11-13-5-2-3-8-15(13)17/h2-9,16,18-19H,10-11H2,1H3. The van der Waals surface area contributed by atoms with E-state index >= 15 is 0 Å². The topological polar surface area (TPSA) is 75.6 Å². The normalized spacial score (nSPS) is 12.8. The zero-order chi connectivity index (χ0) is 16.9. The van der Waals surface area contributed by atoms with E-state index in [2.05, 4.69) is 4.72 Å². The number of hydrogen-bond acceptors (Lipinski definition) is 4. The highest BCUT2D eigenvalue weighted by atomic mass is 35.5. The number of aliphatic hydroxyl groups is 1. The lowest BCUT2D eigenvalue weighted by Gasteiger charge is -2.14. The molecule has 2 aromatic rings. The predicted molar refractivity (Wildman–Crippen MR) is 90.0 cm³/mol. The van der Waals surface area contributed by atoms with Crippen LogP contribution in [0.3, 0.4) is 0 Å². The average molecular weight is 356 g/mol. The lowest BCUT2D eigenvalue weighted by Crippen LogP contribution is -2.29. The molecule has 0 bridgehead atoms. The number of sulfonamides is 1. The molecule has 0 radical (unpaired) electrons. The molecule has 2 rings (SSSR count). The monoisotopic (exact) mass is 355 g/mol. The third-order valence-electron chi connectivity index (χ3n) is 3.28. The number of ether oxygens (including phenoxy) is 1. The van der Waals surface area contributed by atoms with Crippen molar-refractivity contribution in [3.63, 3.8) is 0 Å². The van der Waals surface area contributed by atoms with Crippen LogP contribution in [-0.2, 0) is 15.8 Å². The number of nitrogens with one attached hydrogen (secondary N) is 1. The Morgan fingerprint density at radius 2 is 1.96 bits per heavy atom. The van der Waals surface area contributed by atoms with Crippen LogP contribution in [0, 0.1) is 0 Å². The Hall–Kier alpha value is -1.60. The second-order valence-corrected chi connectivity index (χ2v) is 7.21. The fraction of sp³-hybridized carbons (Fsp3) is 0.250. The average Bonchev–Trinajstić information content (AvgIpc) is 2.55. The summed E-state index contributed by atoms with van der Waals surface area (Å²) in [5.41, 5.74) is 1.09. The molecule has 0 aliphatic rings. The molecule has 2 aromatic carbocycles. The van der Waals surface area contributed by atoms with Crippen molar-refractivity contribution in [3.8, 4) is 5.75 Å². The molecule has 7 heteroatoms. The molecular formula is C16H18ClNO4S. The van der Waals surface area contributed by atoms with Gasteiger partial charge in [-0.05, 0) is 29.3 Å². The minimum atomic E-state index is -3.60. The van der Waals surface area contributed by atoms with Gasteiger partial charge in [-0.3, -0.25) is 0 Å². The number of rotatable bonds is 7. The molecule has 124 valence electrons. The summed E-state index contributed by atoms with van der Waals surface area (Å²) in [5.74, 6) is 0.359. The van der Waals surface area contributed by atoms with Gasteiger partial charge in [0.2, 0.25) is 10.0 Å². The van der Waals surface area contributed by atoms with E-state index in [0.717, 1.165) is 0 Å². The molecule has 0 saturated carbocycles. The van der Waals surface area contributed by atoms with Gasteiger partial charge in [0.15, 0.2) is 0 Å². The highest BCUT2D eigenvalue weighted by Gasteiger charge is 2.16. The minimum absolute atomic E-state index is 0.125. The summed E-state index contributed by atoms with van der Waals surface area (Å²) in [6, 6.07) is 13.6. The zero-order valence-electron chi connectivity index (χ0n) is 12.6. The maximum Gasteiger partial charge on any atom is 0.215 e. The van der Waals surface area contributed by atoms with Gasteiger partial charge in [-0.15, -0.1) is 0 Å². The molecule has 0 aliphatic carbocycles. The number of methoxy groups -OCH3 is 1. The minimum Gasteiger partial charge on any atom is -0.497 e. The van der Waals surface area contributed by atoms with Crippen LogP contribution in [0.2, 0.25) is 5.02 Å². The highest BCUT2D eigenvalue weighted by Crippen LogP contribution is 2.20. The first-order chi connectivity index (χ1) is 10.9. The van der Waals surface area contributed by atoms with E-state index in [1.54, 1.807) is 48.5 Å². The van der Waals surface area contributed by atoms with Crippen LogP contribution in [0.5, 0.6) is 5.75 Å². The van der Waals surface area contributed by atoms with Crippen LogP contribution in [0.1, 0.15) is 17.2 Å². The van der Waals surface area contributed by atoms with E-state index in [4.69, 9.17) is 16.3 Å². The fourth-order valence-corrected chi connectivity index (χ4v) is 3.50. The molecule has 5 nitrogen and oxygen atoms in total. The van der Waals surface area contributed by atoms with Crippen molar-refractivity contribution in [1.29, 1.82) is 0 Å². The molecule has 1 atom stereocenters. The molecule has 2 N–H and O–H groups in total. The van der Waals surface area contributed by atoms with Crippen LogP contribution in [0.15, 0.2) is 48.5 Å². The predicted octanol–water partition coefficient (Wildman–Crippen LogP) is 2.50. The van der Waals surface area contributed by atoms with Crippen molar-refractivity contribution in [2.45, 2.75) is 11.9 Å². The van der Waals surface area contributed by atoms with Crippen LogP contribution < -0.4 is 9.46 Å². The lowest BCUT2D eigenvalue weighted by molar-refractivity contribution is 0.181. The first kappa shape index (κ1) is 17.7. The summed E-state index contributed by atoms with van der Waals surface area (Å²) in [7, 11) is -2.08. The molecule has 0 heterocycles. The number of aliphatic hydroxyl groups excluding tert-OH is 1. The van der Waals surface area contributed by atoms with E-state index in [1.165, 1.54) is 7.11 Å². The Labute approximate surface area is 140 Å². The van der Waals surface area contributed by atoms with Gasteiger partial charge in [0.1, 0.15) is 5.75 Å². The third-order valence-corrected chi connectivity index (χ3v) is 4.94. The molecule has 0 aromatic heterocycles. The van der Waals surface area contributed by atoms with Gasteiger partial charge in [0.05, 0.1) is 19.0 Å². The molecule has 0 amide bonds. The van der Waals surface area contributed by atoms with Gasteiger partial charge < -0.3 is 9.84 Å². The van der Waals surface area contributed by atoms with Crippen molar-refractivity contribution < 1.29 is 18.3 Å². The zero-order valence-corrected chi connectivity index (χ0v) is 14.1. The fourth-order valence-electron chi connectivity index (χ4n) is 2.04. The molecule has 0 aliphatic heterocycles. The summed E-state index contributed by atoms with van der Waals surface area (Å²) < 4.78 is 31.7. The van der Waals surface area contributed by atoms with Crippen molar-refractivity contribution in [3.05, 3.63) is 64.7 Å². The van der Waals surface area contributed by atoms with E-state index < -0.39 is 16.1 Å². The van der Waals surface area contributed by atoms with E-state index in [1.807, 2.05) is 0 Å². The first-order valence-corrected chi connectivity index (χ1v) is 8.97. The van der Waals surface area contributed by atoms with Gasteiger partial charge >= 0.3 is 0 Å². The van der Waals surface area contributed by atoms with E-state index in [9.17, 15) is 13.5 Å². The summed E-state index contributed by atoms with van der Waals surface area (Å²) in [6.45, 7) is -0.125. The van der Waals surface area contributed by atoms with Gasteiger partial charge in [-0.25, -0.2) is 13.1 Å². The third kappa shape index (κ3) is 5.21. The van der Waals surface area contributed by atoms with Gasteiger partial charge in [-0.1, -0.05) is 41.9 Å². The maximum absolute atomic E-state index is 12.1. The summed E-state index contributed by atoms with van der Waals surface area (Å²) in [4.78, 5) is 0. The molecule has 0 saturated heterocycles. The van der Waals surface area contributed by atoms with Gasteiger partial charge in [0, 0.05) is 11.6 Å². The van der Waals surface area contributed by atoms with Crippen molar-refractivity contribution in [1.82, 2.24) is 4.72 Å². The first-order valence-electron chi connectivity index (χ1n) is 6.94. The number of halogens is 1. The van der Waals surface area contributed by atoms with Gasteiger partial charge in [-0.2, -0.15) is 0 Å². The van der Waals surface area contributed by atoms with Crippen molar-refractivity contribution in [2.75, 3.05) is 13.7 Å². The summed E-state index contributed by atoms with van der Waals surface area (Å²) in [5, 5.41) is 10.5. The highest BCUT2D eigenvalue weighted by molar-refractivity contribution is 7.88. The summed E-state index contributed by atoms with van der Waals surface area (Å²) in [6.07, 6.45) is -0.967. The smallest absolute Gasteiger partial charge is 0.215 e. The largest absolute Gasteiger partial charge is 0.497 e. The molecule has 0 spiro atoms. The molecule has 1 unspecified atom stereocenters. The molecule has 0 fully saturated rings. The van der Waals surface area contributed by atoms with Crippen LogP contribution >= 0.6 is 11.6 Å². The van der Waals surface area contributed by atoms with Crippen molar-refractivity contribution in [2.24, 2.45) is 0 Å². The van der Waals surface area contributed by atoms with E-state index in [-0.39, 0.29) is 12.3 Å². The van der Waals surface area contributed by atoms with E-state index in [0.29, 0.717) is 21.9 Å². The number of hydrogen-bond donors (Lipinski definition) is 2. The SMILES string of the molecule is COc1cccc(C(O)CNS(=O)(=O)Cc2ccccc2Cl)c1. The van der Waals surface area contributed by atoms with Crippen LogP contribution in [0.25, 0.3) is 0 Å².